The molecule has 0 radical (unpaired) electrons. The number of aryl methyl sites for hydroxylation is 1. The van der Waals surface area contributed by atoms with Crippen molar-refractivity contribution in [3.63, 3.8) is 0 Å². The molecule has 0 spiro atoms. The minimum atomic E-state index is -0.175. The van der Waals surface area contributed by atoms with Crippen molar-refractivity contribution in [2.24, 2.45) is 0 Å². The highest BCUT2D eigenvalue weighted by atomic mass is 32.1. The normalized spacial score (nSPS) is 17.4. The number of nitrogens with zero attached hydrogens (tertiary/aromatic N) is 4. The molecule has 4 heterocycles. The molecule has 0 unspecified atom stereocenters. The lowest BCUT2D eigenvalue weighted by Crippen LogP contribution is -2.44. The van der Waals surface area contributed by atoms with Crippen LogP contribution in [0.4, 0.5) is 5.82 Å². The summed E-state index contributed by atoms with van der Waals surface area (Å²) in [4.78, 5) is 28.4. The highest BCUT2D eigenvalue weighted by Gasteiger charge is 2.25. The maximum atomic E-state index is 13.2. The van der Waals surface area contributed by atoms with Gasteiger partial charge in [0.1, 0.15) is 30.2 Å². The maximum absolute atomic E-state index is 13.2. The molecule has 5 rings (SSSR count). The molecule has 2 aliphatic heterocycles. The first-order valence-electron chi connectivity index (χ1n) is 10.9. The van der Waals surface area contributed by atoms with Crippen molar-refractivity contribution in [2.45, 2.75) is 19.9 Å². The van der Waals surface area contributed by atoms with Gasteiger partial charge in [0.05, 0.1) is 16.3 Å². The molecule has 1 atom stereocenters. The lowest BCUT2D eigenvalue weighted by atomic mass is 10.1. The predicted molar refractivity (Wildman–Crippen MR) is 125 cm³/mol. The number of anilines is 1. The van der Waals surface area contributed by atoms with Gasteiger partial charge in [0.2, 0.25) is 0 Å². The summed E-state index contributed by atoms with van der Waals surface area (Å²) in [5.41, 5.74) is 1.91. The first kappa shape index (κ1) is 21.0. The number of aromatic nitrogens is 2. The van der Waals surface area contributed by atoms with Gasteiger partial charge in [-0.05, 0) is 44.2 Å². The molecule has 8 nitrogen and oxygen atoms in total. The van der Waals surface area contributed by atoms with Crippen molar-refractivity contribution >= 4 is 33.3 Å². The molecule has 2 aliphatic rings. The van der Waals surface area contributed by atoms with Crippen molar-refractivity contribution in [2.75, 3.05) is 51.3 Å². The van der Waals surface area contributed by atoms with Gasteiger partial charge >= 0.3 is 0 Å². The number of carbonyl (C=O) groups is 1. The van der Waals surface area contributed by atoms with Crippen LogP contribution in [0.1, 0.15) is 33.8 Å². The van der Waals surface area contributed by atoms with Crippen LogP contribution in [-0.4, -0.2) is 67.2 Å². The first-order chi connectivity index (χ1) is 15.5. The molecule has 0 saturated carbocycles. The Hall–Kier alpha value is -2.91. The van der Waals surface area contributed by atoms with Crippen LogP contribution in [0.25, 0.3) is 10.2 Å². The molecule has 0 aliphatic carbocycles. The Balaban J connectivity index is 1.39. The van der Waals surface area contributed by atoms with Crippen molar-refractivity contribution in [1.29, 1.82) is 0 Å². The Bertz CT molecular complexity index is 1160. The van der Waals surface area contributed by atoms with E-state index in [0.29, 0.717) is 18.1 Å². The molecule has 1 amide bonds. The number of carbonyl (C=O) groups excluding carboxylic acids is 1. The summed E-state index contributed by atoms with van der Waals surface area (Å²) in [6.07, 6.45) is 1.60. The summed E-state index contributed by atoms with van der Waals surface area (Å²) < 4.78 is 11.3. The Morgan fingerprint density at radius 3 is 2.66 bits per heavy atom. The fraction of sp³-hybridized carbons (Fsp3) is 0.435. The Kier molecular flexibility index (Phi) is 5.60. The molecule has 168 valence electrons. The van der Waals surface area contributed by atoms with E-state index in [1.54, 1.807) is 6.33 Å². The van der Waals surface area contributed by atoms with Gasteiger partial charge in [-0.25, -0.2) is 9.97 Å². The SMILES string of the molecule is Cc1c(C(=O)N[C@@H](C)c2ccc3c(c2)OCCO3)sc2ncnc(N3CCN(C)CC3)c12. The van der Waals surface area contributed by atoms with E-state index >= 15 is 0 Å². The Morgan fingerprint density at radius 2 is 1.88 bits per heavy atom. The summed E-state index contributed by atoms with van der Waals surface area (Å²) in [6.45, 7) is 8.88. The molecular formula is C23H27N5O3S. The number of amides is 1. The third-order valence-corrected chi connectivity index (χ3v) is 7.33. The molecule has 1 aromatic carbocycles. The maximum Gasteiger partial charge on any atom is 0.262 e. The fourth-order valence-corrected chi connectivity index (χ4v) is 5.25. The van der Waals surface area contributed by atoms with E-state index in [4.69, 9.17) is 9.47 Å². The number of benzene rings is 1. The first-order valence-corrected chi connectivity index (χ1v) is 11.7. The zero-order valence-electron chi connectivity index (χ0n) is 18.6. The fourth-order valence-electron chi connectivity index (χ4n) is 4.20. The van der Waals surface area contributed by atoms with Crippen LogP contribution in [0, 0.1) is 6.92 Å². The second-order valence-electron chi connectivity index (χ2n) is 8.32. The van der Waals surface area contributed by atoms with E-state index < -0.39 is 0 Å². The van der Waals surface area contributed by atoms with Crippen molar-refractivity contribution < 1.29 is 14.3 Å². The number of rotatable bonds is 4. The van der Waals surface area contributed by atoms with Crippen LogP contribution in [0.2, 0.25) is 0 Å². The number of hydrogen-bond acceptors (Lipinski definition) is 8. The Labute approximate surface area is 191 Å². The molecule has 0 bridgehead atoms. The minimum Gasteiger partial charge on any atom is -0.486 e. The zero-order chi connectivity index (χ0) is 22.2. The molecule has 1 N–H and O–H groups in total. The zero-order valence-corrected chi connectivity index (χ0v) is 19.4. The standard InChI is InChI=1S/C23H27N5O3S/c1-14-19-21(28-8-6-27(3)7-9-28)24-13-25-23(19)32-20(14)22(29)26-15(2)16-4-5-17-18(12-16)31-11-10-30-17/h4-5,12-13,15H,6-11H2,1-3H3,(H,26,29)/t15-/m0/s1. The molecule has 1 fully saturated rings. The molecular weight excluding hydrogens is 426 g/mol. The van der Waals surface area contributed by atoms with Gasteiger partial charge < -0.3 is 24.6 Å². The summed E-state index contributed by atoms with van der Waals surface area (Å²) in [5.74, 6) is 2.29. The quantitative estimate of drug-likeness (QED) is 0.650. The third kappa shape index (κ3) is 3.86. The topological polar surface area (TPSA) is 79.8 Å². The summed E-state index contributed by atoms with van der Waals surface area (Å²) in [7, 11) is 2.13. The lowest BCUT2D eigenvalue weighted by Gasteiger charge is -2.33. The van der Waals surface area contributed by atoms with Gasteiger partial charge in [0, 0.05) is 26.2 Å². The predicted octanol–water partition coefficient (Wildman–Crippen LogP) is 3.01. The average molecular weight is 454 g/mol. The number of piperazine rings is 1. The molecule has 3 aromatic rings. The van der Waals surface area contributed by atoms with Crippen LogP contribution in [0.5, 0.6) is 11.5 Å². The van der Waals surface area contributed by atoms with Crippen LogP contribution in [0.15, 0.2) is 24.5 Å². The second-order valence-corrected chi connectivity index (χ2v) is 9.32. The average Bonchev–Trinajstić information content (AvgIpc) is 3.16. The second kappa shape index (κ2) is 8.55. The minimum absolute atomic E-state index is 0.0998. The summed E-state index contributed by atoms with van der Waals surface area (Å²) in [5, 5.41) is 4.12. The lowest BCUT2D eigenvalue weighted by molar-refractivity contribution is 0.0943. The van der Waals surface area contributed by atoms with Crippen LogP contribution in [-0.2, 0) is 0 Å². The van der Waals surface area contributed by atoms with Gasteiger partial charge in [0.15, 0.2) is 11.5 Å². The Morgan fingerprint density at radius 1 is 1.12 bits per heavy atom. The molecule has 9 heteroatoms. The van der Waals surface area contributed by atoms with Crippen molar-refractivity contribution in [3.8, 4) is 11.5 Å². The molecule has 1 saturated heterocycles. The van der Waals surface area contributed by atoms with E-state index in [2.05, 4.69) is 32.1 Å². The van der Waals surface area contributed by atoms with Crippen LogP contribution < -0.4 is 19.7 Å². The number of nitrogens with one attached hydrogen (secondary N) is 1. The third-order valence-electron chi connectivity index (χ3n) is 6.13. The van der Waals surface area contributed by atoms with Gasteiger partial charge in [-0.3, -0.25) is 4.79 Å². The number of fused-ring (bicyclic) bond motifs is 2. The molecule has 32 heavy (non-hydrogen) atoms. The highest BCUT2D eigenvalue weighted by Crippen LogP contribution is 2.36. The van der Waals surface area contributed by atoms with E-state index in [1.807, 2.05) is 32.0 Å². The highest BCUT2D eigenvalue weighted by molar-refractivity contribution is 7.20. The van der Waals surface area contributed by atoms with Crippen LogP contribution >= 0.6 is 11.3 Å². The monoisotopic (exact) mass is 453 g/mol. The van der Waals surface area contributed by atoms with Gasteiger partial charge in [-0.15, -0.1) is 11.3 Å². The largest absolute Gasteiger partial charge is 0.486 e. The number of thiophene rings is 1. The van der Waals surface area contributed by atoms with E-state index in [9.17, 15) is 4.79 Å². The number of likely N-dealkylation sites (N-methyl/N-ethyl adjacent to an activating group) is 1. The van der Waals surface area contributed by atoms with Crippen molar-refractivity contribution in [1.82, 2.24) is 20.2 Å². The van der Waals surface area contributed by atoms with Gasteiger partial charge in [-0.1, -0.05) is 6.07 Å². The summed E-state index contributed by atoms with van der Waals surface area (Å²) in [6, 6.07) is 5.63. The van der Waals surface area contributed by atoms with Gasteiger partial charge in [-0.2, -0.15) is 0 Å². The summed E-state index contributed by atoms with van der Waals surface area (Å²) >= 11 is 1.43. The smallest absolute Gasteiger partial charge is 0.262 e. The molecule has 2 aromatic heterocycles. The van der Waals surface area contributed by atoms with Crippen LogP contribution in [0.3, 0.4) is 0 Å². The van der Waals surface area contributed by atoms with E-state index in [1.165, 1.54) is 11.3 Å². The van der Waals surface area contributed by atoms with Crippen molar-refractivity contribution in [3.05, 3.63) is 40.5 Å². The van der Waals surface area contributed by atoms with E-state index in [-0.39, 0.29) is 11.9 Å². The number of ether oxygens (including phenoxy) is 2. The number of hydrogen-bond donors (Lipinski definition) is 1. The van der Waals surface area contributed by atoms with E-state index in [0.717, 1.165) is 64.8 Å². The van der Waals surface area contributed by atoms with Gasteiger partial charge in [0.25, 0.3) is 5.91 Å².